The fourth-order valence-electron chi connectivity index (χ4n) is 4.29. The van der Waals surface area contributed by atoms with Crippen molar-refractivity contribution >= 4 is 5.95 Å². The first-order chi connectivity index (χ1) is 14.1. The lowest BCUT2D eigenvalue weighted by Crippen LogP contribution is -2.47. The Morgan fingerprint density at radius 3 is 2.79 bits per heavy atom. The average Bonchev–Trinajstić information content (AvgIpc) is 3.22. The van der Waals surface area contributed by atoms with E-state index in [4.69, 9.17) is 9.47 Å². The molecule has 2 aliphatic heterocycles. The van der Waals surface area contributed by atoms with Crippen molar-refractivity contribution < 1.29 is 18.3 Å². The maximum Gasteiger partial charge on any atom is 0.260 e. The predicted molar refractivity (Wildman–Crippen MR) is 105 cm³/mol. The molecule has 0 amide bonds. The van der Waals surface area contributed by atoms with Gasteiger partial charge in [0.25, 0.3) is 6.43 Å². The molecule has 0 unspecified atom stereocenters. The summed E-state index contributed by atoms with van der Waals surface area (Å²) in [5.74, 6) is 2.37. The number of alkyl halides is 2. The molecule has 0 bridgehead atoms. The summed E-state index contributed by atoms with van der Waals surface area (Å²) >= 11 is 0. The van der Waals surface area contributed by atoms with Gasteiger partial charge in [0.05, 0.1) is 7.11 Å². The number of benzene rings is 1. The Labute approximate surface area is 169 Å². The first kappa shape index (κ1) is 19.9. The van der Waals surface area contributed by atoms with Crippen molar-refractivity contribution in [1.82, 2.24) is 19.7 Å². The summed E-state index contributed by atoms with van der Waals surface area (Å²) in [7, 11) is 1.64. The van der Waals surface area contributed by atoms with E-state index in [2.05, 4.69) is 20.3 Å². The van der Waals surface area contributed by atoms with Crippen molar-refractivity contribution in [2.24, 2.45) is 5.92 Å². The fourth-order valence-corrected chi connectivity index (χ4v) is 4.29. The molecule has 158 valence electrons. The number of aromatic nitrogens is 3. The van der Waals surface area contributed by atoms with Crippen molar-refractivity contribution in [3.05, 3.63) is 30.6 Å². The highest BCUT2D eigenvalue weighted by atomic mass is 19.3. The number of methoxy groups -OCH3 is 1. The summed E-state index contributed by atoms with van der Waals surface area (Å²) in [6.07, 6.45) is 1.34. The minimum atomic E-state index is -2.45. The molecule has 0 aliphatic carbocycles. The van der Waals surface area contributed by atoms with E-state index in [9.17, 15) is 8.78 Å². The van der Waals surface area contributed by atoms with Crippen LogP contribution in [0.2, 0.25) is 0 Å². The van der Waals surface area contributed by atoms with Gasteiger partial charge < -0.3 is 14.8 Å². The number of anilines is 1. The molecule has 2 aliphatic rings. The van der Waals surface area contributed by atoms with Gasteiger partial charge in [0, 0.05) is 19.1 Å². The molecular formula is C20H27F2N5O2. The Morgan fingerprint density at radius 1 is 1.24 bits per heavy atom. The number of halogens is 2. The van der Waals surface area contributed by atoms with Gasteiger partial charge in [0.15, 0.2) is 0 Å². The van der Waals surface area contributed by atoms with Crippen LogP contribution in [0.4, 0.5) is 14.7 Å². The van der Waals surface area contributed by atoms with Gasteiger partial charge in [-0.3, -0.25) is 4.90 Å². The third-order valence-electron chi connectivity index (χ3n) is 5.83. The third-order valence-corrected chi connectivity index (χ3v) is 5.83. The van der Waals surface area contributed by atoms with Crippen LogP contribution >= 0.6 is 0 Å². The quantitative estimate of drug-likeness (QED) is 0.761. The van der Waals surface area contributed by atoms with Crippen molar-refractivity contribution in [3.63, 3.8) is 0 Å². The molecule has 9 heteroatoms. The molecule has 1 saturated heterocycles. The number of hydrogen-bond donors (Lipinski definition) is 1. The summed E-state index contributed by atoms with van der Waals surface area (Å²) in [4.78, 5) is 6.47. The molecule has 0 spiro atoms. The van der Waals surface area contributed by atoms with Crippen molar-refractivity contribution in [2.75, 3.05) is 38.7 Å². The van der Waals surface area contributed by atoms with E-state index < -0.39 is 12.5 Å². The lowest BCUT2D eigenvalue weighted by Gasteiger charge is -2.40. The second-order valence-corrected chi connectivity index (χ2v) is 7.64. The summed E-state index contributed by atoms with van der Waals surface area (Å²) < 4.78 is 39.4. The average molecular weight is 407 g/mol. The number of hydrogen-bond acceptors (Lipinski definition) is 6. The second kappa shape index (κ2) is 8.94. The zero-order chi connectivity index (χ0) is 20.2. The number of ether oxygens (including phenoxy) is 2. The van der Waals surface area contributed by atoms with E-state index in [1.807, 2.05) is 24.3 Å². The smallest absolute Gasteiger partial charge is 0.260 e. The molecule has 3 heterocycles. The Hall–Kier alpha value is -2.42. The van der Waals surface area contributed by atoms with Gasteiger partial charge in [0.2, 0.25) is 5.95 Å². The highest BCUT2D eigenvalue weighted by Gasteiger charge is 2.38. The first-order valence-electron chi connectivity index (χ1n) is 10.1. The predicted octanol–water partition coefficient (Wildman–Crippen LogP) is 3.07. The molecule has 1 aromatic heterocycles. The van der Waals surface area contributed by atoms with E-state index >= 15 is 0 Å². The Kier molecular flexibility index (Phi) is 6.13. The SMILES string of the molecule is COc1ccc(OCCN2CCC[C@@H]([C@@H]3C[C@H](C(F)F)n4ncnc4N3)C2)cc1. The lowest BCUT2D eigenvalue weighted by molar-refractivity contribution is 0.0546. The molecule has 0 saturated carbocycles. The van der Waals surface area contributed by atoms with Crippen molar-refractivity contribution in [3.8, 4) is 11.5 Å². The molecule has 4 rings (SSSR count). The molecule has 7 nitrogen and oxygen atoms in total. The largest absolute Gasteiger partial charge is 0.497 e. The minimum absolute atomic E-state index is 0.0176. The summed E-state index contributed by atoms with van der Waals surface area (Å²) in [6.45, 7) is 3.27. The van der Waals surface area contributed by atoms with Crippen molar-refractivity contribution in [1.29, 1.82) is 0 Å². The Balaban J connectivity index is 1.30. The minimum Gasteiger partial charge on any atom is -0.497 e. The van der Waals surface area contributed by atoms with Crippen LogP contribution in [0, 0.1) is 5.92 Å². The topological polar surface area (TPSA) is 64.4 Å². The van der Waals surface area contributed by atoms with E-state index in [-0.39, 0.29) is 6.04 Å². The molecule has 2 aromatic rings. The lowest BCUT2D eigenvalue weighted by atomic mass is 9.86. The molecule has 1 fully saturated rings. The molecule has 3 atom stereocenters. The van der Waals surface area contributed by atoms with Crippen LogP contribution in [0.5, 0.6) is 11.5 Å². The van der Waals surface area contributed by atoms with Crippen LogP contribution < -0.4 is 14.8 Å². The monoisotopic (exact) mass is 407 g/mol. The highest BCUT2D eigenvalue weighted by Crippen LogP contribution is 2.34. The normalized spacial score (nSPS) is 24.8. The van der Waals surface area contributed by atoms with Crippen LogP contribution in [0.3, 0.4) is 0 Å². The van der Waals surface area contributed by atoms with Crippen LogP contribution in [-0.2, 0) is 0 Å². The Bertz CT molecular complexity index is 785. The first-order valence-corrected chi connectivity index (χ1v) is 10.1. The van der Waals surface area contributed by atoms with Crippen molar-refractivity contribution in [2.45, 2.75) is 37.8 Å². The summed E-state index contributed by atoms with van der Waals surface area (Å²) in [5, 5.41) is 7.29. The zero-order valence-corrected chi connectivity index (χ0v) is 16.5. The summed E-state index contributed by atoms with van der Waals surface area (Å²) in [6, 6.07) is 6.61. The maximum atomic E-state index is 13.5. The Morgan fingerprint density at radius 2 is 2.03 bits per heavy atom. The van der Waals surface area contributed by atoms with Gasteiger partial charge in [-0.05, 0) is 56.0 Å². The van der Waals surface area contributed by atoms with Crippen LogP contribution in [0.25, 0.3) is 0 Å². The van der Waals surface area contributed by atoms with E-state index in [1.54, 1.807) is 7.11 Å². The molecule has 0 radical (unpaired) electrons. The number of nitrogens with one attached hydrogen (secondary N) is 1. The number of rotatable bonds is 7. The van der Waals surface area contributed by atoms with Gasteiger partial charge in [-0.15, -0.1) is 0 Å². The van der Waals surface area contributed by atoms with Crippen LogP contribution in [-0.4, -0.2) is 65.5 Å². The molecule has 29 heavy (non-hydrogen) atoms. The third kappa shape index (κ3) is 4.60. The van der Waals surface area contributed by atoms with E-state index in [0.29, 0.717) is 24.9 Å². The second-order valence-electron chi connectivity index (χ2n) is 7.64. The van der Waals surface area contributed by atoms with Gasteiger partial charge in [-0.2, -0.15) is 10.1 Å². The van der Waals surface area contributed by atoms with Gasteiger partial charge in [-0.1, -0.05) is 0 Å². The standard InChI is InChI=1S/C20H27F2N5O2/c1-28-15-4-6-16(7-5-15)29-10-9-26-8-2-3-14(12-26)17-11-18(19(21)22)27-20(25-17)23-13-24-27/h4-7,13-14,17-19H,2-3,8-12H2,1H3,(H,23,24,25)/t14-,17+,18-/m1/s1. The fraction of sp³-hybridized carbons (Fsp3) is 0.600. The number of nitrogens with zero attached hydrogens (tertiary/aromatic N) is 4. The number of piperidine rings is 1. The van der Waals surface area contributed by atoms with Gasteiger partial charge >= 0.3 is 0 Å². The zero-order valence-electron chi connectivity index (χ0n) is 16.5. The maximum absolute atomic E-state index is 13.5. The molecule has 1 aromatic carbocycles. The number of likely N-dealkylation sites (tertiary alicyclic amines) is 1. The van der Waals surface area contributed by atoms with E-state index in [0.717, 1.165) is 44.0 Å². The van der Waals surface area contributed by atoms with Gasteiger partial charge in [0.1, 0.15) is 30.5 Å². The highest BCUT2D eigenvalue weighted by molar-refractivity contribution is 5.31. The summed E-state index contributed by atoms with van der Waals surface area (Å²) in [5.41, 5.74) is 0. The van der Waals surface area contributed by atoms with Crippen LogP contribution in [0.15, 0.2) is 30.6 Å². The molecule has 1 N–H and O–H groups in total. The van der Waals surface area contributed by atoms with Crippen LogP contribution in [0.1, 0.15) is 25.3 Å². The molecular weight excluding hydrogens is 380 g/mol. The number of fused-ring (bicyclic) bond motifs is 1. The van der Waals surface area contributed by atoms with Gasteiger partial charge in [-0.25, -0.2) is 13.5 Å². The van der Waals surface area contributed by atoms with E-state index in [1.165, 1.54) is 11.0 Å².